The van der Waals surface area contributed by atoms with E-state index in [1.165, 1.54) is 0 Å². The van der Waals surface area contributed by atoms with Gasteiger partial charge in [-0.05, 0) is 37.1 Å². The smallest absolute Gasteiger partial charge is 0.214 e. The van der Waals surface area contributed by atoms with Crippen molar-refractivity contribution in [1.29, 1.82) is 5.26 Å². The standard InChI is InChI=1S/C23H27BrN8/c1-3-4-8-19-13-31(22-20-16(2)12-26-21(20)28-15-29-22)9-10-32(19)23(27-14-25)30-18-7-5-6-17(24)11-18/h5-7,11-12,15,19H,3-4,8-10,13H2,1-2H3,(H,27,30)(H,26,28,29). The molecule has 2 aromatic heterocycles. The summed E-state index contributed by atoms with van der Waals surface area (Å²) in [5.41, 5.74) is 2.90. The molecule has 32 heavy (non-hydrogen) atoms. The molecule has 0 saturated carbocycles. The van der Waals surface area contributed by atoms with Crippen molar-refractivity contribution in [2.24, 2.45) is 4.99 Å². The number of unbranched alkanes of at least 4 members (excludes halogenated alkanes) is 1. The average molecular weight is 495 g/mol. The highest BCUT2D eigenvalue weighted by Gasteiger charge is 2.31. The van der Waals surface area contributed by atoms with Crippen molar-refractivity contribution >= 4 is 44.4 Å². The van der Waals surface area contributed by atoms with Crippen LogP contribution in [0.15, 0.2) is 46.3 Å². The van der Waals surface area contributed by atoms with Crippen LogP contribution in [0.25, 0.3) is 11.0 Å². The Morgan fingerprint density at radius 2 is 2.25 bits per heavy atom. The maximum atomic E-state index is 9.37. The predicted molar refractivity (Wildman–Crippen MR) is 132 cm³/mol. The number of aromatic nitrogens is 3. The Hall–Kier alpha value is -3.12. The first-order chi connectivity index (χ1) is 15.6. The van der Waals surface area contributed by atoms with Gasteiger partial charge in [-0.1, -0.05) is 41.8 Å². The van der Waals surface area contributed by atoms with Crippen LogP contribution in [0.4, 0.5) is 11.5 Å². The van der Waals surface area contributed by atoms with Crippen LogP contribution in [0.5, 0.6) is 0 Å². The first-order valence-corrected chi connectivity index (χ1v) is 11.7. The van der Waals surface area contributed by atoms with Crippen molar-refractivity contribution in [3.8, 4) is 6.19 Å². The Bertz CT molecular complexity index is 1150. The zero-order valence-electron chi connectivity index (χ0n) is 18.3. The fourth-order valence-electron chi connectivity index (χ4n) is 4.26. The monoisotopic (exact) mass is 494 g/mol. The van der Waals surface area contributed by atoms with E-state index in [0.717, 1.165) is 71.5 Å². The molecule has 0 radical (unpaired) electrons. The van der Waals surface area contributed by atoms with Gasteiger partial charge >= 0.3 is 0 Å². The minimum absolute atomic E-state index is 0.208. The number of halogens is 1. The third-order valence-electron chi connectivity index (χ3n) is 5.83. The van der Waals surface area contributed by atoms with Crippen molar-refractivity contribution in [3.63, 3.8) is 0 Å². The third kappa shape index (κ3) is 4.70. The van der Waals surface area contributed by atoms with Gasteiger partial charge in [-0.15, -0.1) is 4.99 Å². The highest BCUT2D eigenvalue weighted by Crippen LogP contribution is 2.29. The van der Waals surface area contributed by atoms with E-state index in [9.17, 15) is 5.26 Å². The number of aliphatic imine (C=N–C) groups is 1. The van der Waals surface area contributed by atoms with Crippen LogP contribution in [-0.2, 0) is 0 Å². The summed E-state index contributed by atoms with van der Waals surface area (Å²) in [6.45, 7) is 6.61. The molecule has 8 nitrogen and oxygen atoms in total. The van der Waals surface area contributed by atoms with E-state index in [4.69, 9.17) is 0 Å². The van der Waals surface area contributed by atoms with Gasteiger partial charge in [0, 0.05) is 42.0 Å². The number of hydrogen-bond donors (Lipinski definition) is 2. The summed E-state index contributed by atoms with van der Waals surface area (Å²) in [5, 5.41) is 13.8. The number of benzene rings is 1. The number of nitriles is 1. The Balaban J connectivity index is 1.61. The molecular formula is C23H27BrN8. The number of guanidine groups is 1. The second-order valence-electron chi connectivity index (χ2n) is 8.00. The average Bonchev–Trinajstić information content (AvgIpc) is 3.18. The molecule has 0 amide bonds. The summed E-state index contributed by atoms with van der Waals surface area (Å²) in [7, 11) is 0. The fourth-order valence-corrected chi connectivity index (χ4v) is 4.66. The highest BCUT2D eigenvalue weighted by molar-refractivity contribution is 9.10. The molecule has 1 unspecified atom stereocenters. The van der Waals surface area contributed by atoms with Crippen molar-refractivity contribution in [2.75, 3.05) is 29.9 Å². The van der Waals surface area contributed by atoms with E-state index in [1.54, 1.807) is 6.33 Å². The molecule has 9 heteroatoms. The van der Waals surface area contributed by atoms with Crippen LogP contribution in [0.3, 0.4) is 0 Å². The van der Waals surface area contributed by atoms with Gasteiger partial charge in [-0.2, -0.15) is 5.26 Å². The van der Waals surface area contributed by atoms with Gasteiger partial charge < -0.3 is 20.1 Å². The number of anilines is 2. The normalized spacial score (nSPS) is 16.9. The summed E-state index contributed by atoms with van der Waals surface area (Å²) in [6, 6.07) is 8.10. The Morgan fingerprint density at radius 1 is 1.38 bits per heavy atom. The van der Waals surface area contributed by atoms with Crippen LogP contribution in [0.2, 0.25) is 0 Å². The zero-order valence-corrected chi connectivity index (χ0v) is 19.9. The van der Waals surface area contributed by atoms with E-state index >= 15 is 0 Å². The molecule has 1 aromatic carbocycles. The van der Waals surface area contributed by atoms with Crippen LogP contribution < -0.4 is 10.2 Å². The van der Waals surface area contributed by atoms with Gasteiger partial charge in [-0.3, -0.25) is 0 Å². The lowest BCUT2D eigenvalue weighted by atomic mass is 10.0. The SMILES string of the molecule is CCCCC1CN(c2ncnc3[nH]cc(C)c23)CCN1/C(=N/C#N)Nc1cccc(Br)c1. The lowest BCUT2D eigenvalue weighted by Crippen LogP contribution is -2.57. The van der Waals surface area contributed by atoms with Crippen molar-refractivity contribution in [3.05, 3.63) is 46.8 Å². The molecular weight excluding hydrogens is 468 g/mol. The molecule has 1 aliphatic heterocycles. The number of H-pyrrole nitrogens is 1. The van der Waals surface area contributed by atoms with Gasteiger partial charge in [0.05, 0.1) is 5.39 Å². The van der Waals surface area contributed by atoms with Crippen LogP contribution in [-0.4, -0.2) is 51.5 Å². The quantitative estimate of drug-likeness (QED) is 0.304. The molecule has 0 aliphatic carbocycles. The Labute approximate surface area is 196 Å². The van der Waals surface area contributed by atoms with E-state index in [0.29, 0.717) is 5.96 Å². The minimum atomic E-state index is 0.208. The van der Waals surface area contributed by atoms with Gasteiger partial charge in [0.1, 0.15) is 17.8 Å². The van der Waals surface area contributed by atoms with E-state index in [-0.39, 0.29) is 6.04 Å². The number of aromatic amines is 1. The number of nitrogens with zero attached hydrogens (tertiary/aromatic N) is 6. The van der Waals surface area contributed by atoms with Gasteiger partial charge in [0.2, 0.25) is 12.2 Å². The summed E-state index contributed by atoms with van der Waals surface area (Å²) >= 11 is 3.51. The number of nitrogens with one attached hydrogen (secondary N) is 2. The fraction of sp³-hybridized carbons (Fsp3) is 0.391. The highest BCUT2D eigenvalue weighted by atomic mass is 79.9. The number of hydrogen-bond acceptors (Lipinski definition) is 5. The maximum Gasteiger partial charge on any atom is 0.214 e. The molecule has 3 heterocycles. The number of rotatable bonds is 5. The number of piperazine rings is 1. The minimum Gasteiger partial charge on any atom is -0.352 e. The largest absolute Gasteiger partial charge is 0.352 e. The summed E-state index contributed by atoms with van der Waals surface area (Å²) in [6.07, 6.45) is 8.82. The Kier molecular flexibility index (Phi) is 6.90. The lowest BCUT2D eigenvalue weighted by molar-refractivity contribution is 0.261. The van der Waals surface area contributed by atoms with Gasteiger partial charge in [0.25, 0.3) is 0 Å². The van der Waals surface area contributed by atoms with Gasteiger partial charge in [0.15, 0.2) is 0 Å². The molecule has 1 atom stereocenters. The summed E-state index contributed by atoms with van der Waals surface area (Å²) in [4.78, 5) is 21.0. The molecule has 0 bridgehead atoms. The molecule has 2 N–H and O–H groups in total. The topological polar surface area (TPSA) is 96.2 Å². The molecule has 0 spiro atoms. The second kappa shape index (κ2) is 10.0. The number of aryl methyl sites for hydroxylation is 1. The van der Waals surface area contributed by atoms with Gasteiger partial charge in [-0.25, -0.2) is 9.97 Å². The van der Waals surface area contributed by atoms with E-state index < -0.39 is 0 Å². The molecule has 4 rings (SSSR count). The summed E-state index contributed by atoms with van der Waals surface area (Å²) in [5.74, 6) is 1.56. The first kappa shape index (κ1) is 22.1. The molecule has 1 fully saturated rings. The molecule has 1 saturated heterocycles. The van der Waals surface area contributed by atoms with Crippen LogP contribution >= 0.6 is 15.9 Å². The van der Waals surface area contributed by atoms with Crippen LogP contribution in [0, 0.1) is 18.4 Å². The molecule has 166 valence electrons. The van der Waals surface area contributed by atoms with Crippen molar-refractivity contribution in [2.45, 2.75) is 39.2 Å². The van der Waals surface area contributed by atoms with E-state index in [2.05, 4.69) is 64.8 Å². The first-order valence-electron chi connectivity index (χ1n) is 10.9. The van der Waals surface area contributed by atoms with Crippen molar-refractivity contribution in [1.82, 2.24) is 19.9 Å². The molecule has 3 aromatic rings. The zero-order chi connectivity index (χ0) is 22.5. The predicted octanol–water partition coefficient (Wildman–Crippen LogP) is 4.66. The van der Waals surface area contributed by atoms with Crippen LogP contribution in [0.1, 0.15) is 31.7 Å². The second-order valence-corrected chi connectivity index (χ2v) is 8.91. The maximum absolute atomic E-state index is 9.37. The Morgan fingerprint density at radius 3 is 3.03 bits per heavy atom. The van der Waals surface area contributed by atoms with Crippen molar-refractivity contribution < 1.29 is 0 Å². The molecule has 1 aliphatic rings. The lowest BCUT2D eigenvalue weighted by Gasteiger charge is -2.43. The van der Waals surface area contributed by atoms with E-state index in [1.807, 2.05) is 36.7 Å². The number of fused-ring (bicyclic) bond motifs is 1. The summed E-state index contributed by atoms with van der Waals surface area (Å²) < 4.78 is 0.973. The third-order valence-corrected chi connectivity index (χ3v) is 6.32.